The van der Waals surface area contributed by atoms with Crippen molar-refractivity contribution >= 4 is 23.2 Å². The van der Waals surface area contributed by atoms with E-state index < -0.39 is 0 Å². The number of furan rings is 1. The van der Waals surface area contributed by atoms with Crippen molar-refractivity contribution < 1.29 is 9.21 Å². The molecule has 0 aliphatic heterocycles. The molecule has 0 bridgehead atoms. The van der Waals surface area contributed by atoms with Gasteiger partial charge in [-0.25, -0.2) is 0 Å². The van der Waals surface area contributed by atoms with E-state index >= 15 is 0 Å². The molecule has 1 aromatic carbocycles. The number of carbonyl (C=O) groups is 1. The maximum atomic E-state index is 11.9. The Kier molecular flexibility index (Phi) is 3.35. The molecule has 0 atom stereocenters. The van der Waals surface area contributed by atoms with Crippen LogP contribution in [0.2, 0.25) is 5.02 Å². The van der Waals surface area contributed by atoms with Gasteiger partial charge in [-0.3, -0.25) is 4.79 Å². The van der Waals surface area contributed by atoms with Gasteiger partial charge >= 0.3 is 0 Å². The summed E-state index contributed by atoms with van der Waals surface area (Å²) in [5.74, 6) is 0.207. The molecule has 5 heteroatoms. The predicted molar refractivity (Wildman–Crippen MR) is 67.6 cm³/mol. The Balaban J connectivity index is 2.27. The minimum atomic E-state index is -0.321. The van der Waals surface area contributed by atoms with Crippen LogP contribution in [0.3, 0.4) is 0 Å². The van der Waals surface area contributed by atoms with Gasteiger partial charge in [0.05, 0.1) is 34.2 Å². The normalized spacial score (nSPS) is 9.83. The number of aryl methyl sites for hydroxylation is 1. The minimum absolute atomic E-state index is 0.321. The highest BCUT2D eigenvalue weighted by atomic mass is 35.5. The van der Waals surface area contributed by atoms with Crippen molar-refractivity contribution in [1.82, 2.24) is 0 Å². The molecule has 4 nitrogen and oxygen atoms in total. The van der Waals surface area contributed by atoms with Crippen molar-refractivity contribution in [3.63, 3.8) is 0 Å². The summed E-state index contributed by atoms with van der Waals surface area (Å²) in [6.45, 7) is 1.70. The van der Waals surface area contributed by atoms with E-state index in [9.17, 15) is 4.79 Å². The first-order valence-electron chi connectivity index (χ1n) is 5.17. The lowest BCUT2D eigenvalue weighted by Gasteiger charge is -2.06. The average Bonchev–Trinajstić information content (AvgIpc) is 2.78. The summed E-state index contributed by atoms with van der Waals surface area (Å²) < 4.78 is 5.05. The number of nitrogens with zero attached hydrogens (tertiary/aromatic N) is 1. The SMILES string of the molecule is Cc1occc1C(=O)Nc1cc(C#N)ccc1Cl. The lowest BCUT2D eigenvalue weighted by Crippen LogP contribution is -2.12. The molecular formula is C13H9ClN2O2. The molecule has 0 fully saturated rings. The second-order valence-corrected chi connectivity index (χ2v) is 4.06. The Hall–Kier alpha value is -2.25. The van der Waals surface area contributed by atoms with E-state index in [0.717, 1.165) is 0 Å². The third-order valence-electron chi connectivity index (χ3n) is 2.45. The number of halogens is 1. The maximum absolute atomic E-state index is 11.9. The fraction of sp³-hybridized carbons (Fsp3) is 0.0769. The fourth-order valence-electron chi connectivity index (χ4n) is 1.50. The maximum Gasteiger partial charge on any atom is 0.259 e. The number of carbonyl (C=O) groups excluding carboxylic acids is 1. The van der Waals surface area contributed by atoms with Gasteiger partial charge in [0.25, 0.3) is 5.91 Å². The van der Waals surface area contributed by atoms with Crippen molar-refractivity contribution in [2.75, 3.05) is 5.32 Å². The molecule has 1 heterocycles. The van der Waals surface area contributed by atoms with Crippen molar-refractivity contribution in [1.29, 1.82) is 5.26 Å². The van der Waals surface area contributed by atoms with Gasteiger partial charge < -0.3 is 9.73 Å². The molecule has 0 aliphatic carbocycles. The number of nitrogens with one attached hydrogen (secondary N) is 1. The second kappa shape index (κ2) is 4.94. The van der Waals surface area contributed by atoms with E-state index in [1.54, 1.807) is 25.1 Å². The Morgan fingerprint density at radius 1 is 1.44 bits per heavy atom. The van der Waals surface area contributed by atoms with Crippen LogP contribution >= 0.6 is 11.6 Å². The van der Waals surface area contributed by atoms with Gasteiger partial charge in [-0.15, -0.1) is 0 Å². The number of hydrogen-bond donors (Lipinski definition) is 1. The Morgan fingerprint density at radius 3 is 2.83 bits per heavy atom. The minimum Gasteiger partial charge on any atom is -0.469 e. The quantitative estimate of drug-likeness (QED) is 0.900. The number of amides is 1. The summed E-state index contributed by atoms with van der Waals surface area (Å²) in [6, 6.07) is 8.24. The van der Waals surface area contributed by atoms with Gasteiger partial charge in [-0.05, 0) is 31.2 Å². The largest absolute Gasteiger partial charge is 0.469 e. The summed E-state index contributed by atoms with van der Waals surface area (Å²) >= 11 is 5.95. The predicted octanol–water partition coefficient (Wildman–Crippen LogP) is 3.37. The smallest absolute Gasteiger partial charge is 0.259 e. The van der Waals surface area contributed by atoms with Crippen LogP contribution in [-0.2, 0) is 0 Å². The Morgan fingerprint density at radius 2 is 2.22 bits per heavy atom. The van der Waals surface area contributed by atoms with Crippen molar-refractivity contribution in [2.24, 2.45) is 0 Å². The van der Waals surface area contributed by atoms with Crippen LogP contribution in [-0.4, -0.2) is 5.91 Å². The first-order valence-corrected chi connectivity index (χ1v) is 5.54. The highest BCUT2D eigenvalue weighted by Crippen LogP contribution is 2.23. The molecule has 0 radical (unpaired) electrons. The molecule has 90 valence electrons. The molecular weight excluding hydrogens is 252 g/mol. The molecule has 0 saturated heterocycles. The first kappa shape index (κ1) is 12.2. The summed E-state index contributed by atoms with van der Waals surface area (Å²) in [7, 11) is 0. The monoisotopic (exact) mass is 260 g/mol. The van der Waals surface area contributed by atoms with Gasteiger partial charge in [0.2, 0.25) is 0 Å². The molecule has 0 spiro atoms. The van der Waals surface area contributed by atoms with Crippen LogP contribution in [0.1, 0.15) is 21.7 Å². The molecule has 2 rings (SSSR count). The van der Waals surface area contributed by atoms with Crippen molar-refractivity contribution in [3.8, 4) is 6.07 Å². The number of anilines is 1. The van der Waals surface area contributed by atoms with Gasteiger partial charge in [0, 0.05) is 0 Å². The zero-order valence-electron chi connectivity index (χ0n) is 9.53. The number of hydrogen-bond acceptors (Lipinski definition) is 3. The molecule has 1 N–H and O–H groups in total. The van der Waals surface area contributed by atoms with E-state index in [1.807, 2.05) is 6.07 Å². The molecule has 1 aromatic heterocycles. The lowest BCUT2D eigenvalue weighted by atomic mass is 10.2. The van der Waals surface area contributed by atoms with Gasteiger partial charge in [-0.1, -0.05) is 11.6 Å². The number of rotatable bonds is 2. The number of benzene rings is 1. The molecule has 1 amide bonds. The van der Waals surface area contributed by atoms with E-state index in [4.69, 9.17) is 21.3 Å². The van der Waals surface area contributed by atoms with Crippen LogP contribution < -0.4 is 5.32 Å². The zero-order chi connectivity index (χ0) is 13.1. The van der Waals surface area contributed by atoms with Crippen molar-refractivity contribution in [3.05, 3.63) is 52.4 Å². The number of nitriles is 1. The third kappa shape index (κ3) is 2.36. The van der Waals surface area contributed by atoms with Crippen LogP contribution in [0.4, 0.5) is 5.69 Å². The van der Waals surface area contributed by atoms with E-state index in [-0.39, 0.29) is 5.91 Å². The summed E-state index contributed by atoms with van der Waals surface area (Å²) in [5.41, 5.74) is 1.27. The fourth-order valence-corrected chi connectivity index (χ4v) is 1.67. The van der Waals surface area contributed by atoms with E-state index in [1.165, 1.54) is 12.3 Å². The summed E-state index contributed by atoms with van der Waals surface area (Å²) in [4.78, 5) is 11.9. The average molecular weight is 261 g/mol. The topological polar surface area (TPSA) is 66.0 Å². The molecule has 2 aromatic rings. The van der Waals surface area contributed by atoms with Crippen LogP contribution in [0.15, 0.2) is 34.9 Å². The zero-order valence-corrected chi connectivity index (χ0v) is 10.3. The Labute approximate surface area is 109 Å². The van der Waals surface area contributed by atoms with E-state index in [0.29, 0.717) is 27.6 Å². The summed E-state index contributed by atoms with van der Waals surface area (Å²) in [5, 5.41) is 11.8. The van der Waals surface area contributed by atoms with Gasteiger partial charge in [0.15, 0.2) is 0 Å². The molecule has 18 heavy (non-hydrogen) atoms. The van der Waals surface area contributed by atoms with Gasteiger partial charge in [0.1, 0.15) is 5.76 Å². The Bertz CT molecular complexity index is 641. The van der Waals surface area contributed by atoms with Crippen LogP contribution in [0.25, 0.3) is 0 Å². The lowest BCUT2D eigenvalue weighted by molar-refractivity contribution is 0.102. The molecule has 0 saturated carbocycles. The van der Waals surface area contributed by atoms with Gasteiger partial charge in [-0.2, -0.15) is 5.26 Å². The van der Waals surface area contributed by atoms with Crippen molar-refractivity contribution in [2.45, 2.75) is 6.92 Å². The first-order chi connectivity index (χ1) is 8.61. The second-order valence-electron chi connectivity index (χ2n) is 3.65. The van der Waals surface area contributed by atoms with E-state index in [2.05, 4.69) is 5.32 Å². The molecule has 0 aliphatic rings. The van der Waals surface area contributed by atoms with Crippen LogP contribution in [0.5, 0.6) is 0 Å². The highest BCUT2D eigenvalue weighted by molar-refractivity contribution is 6.34. The summed E-state index contributed by atoms with van der Waals surface area (Å²) in [6.07, 6.45) is 1.44. The van der Waals surface area contributed by atoms with Crippen LogP contribution in [0, 0.1) is 18.3 Å². The highest BCUT2D eigenvalue weighted by Gasteiger charge is 2.13. The molecule has 0 unspecified atom stereocenters. The standard InChI is InChI=1S/C13H9ClN2O2/c1-8-10(4-5-18-8)13(17)16-12-6-9(7-15)2-3-11(12)14/h2-6H,1H3,(H,16,17). The third-order valence-corrected chi connectivity index (χ3v) is 2.78.